The highest BCUT2D eigenvalue weighted by Gasteiger charge is 2.49. The van der Waals surface area contributed by atoms with E-state index in [4.69, 9.17) is 0 Å². The van der Waals surface area contributed by atoms with Gasteiger partial charge in [0.05, 0.1) is 29.6 Å². The molecule has 5 amide bonds. The molecule has 334 valence electrons. The summed E-state index contributed by atoms with van der Waals surface area (Å²) in [6.45, 7) is 5.16. The first-order valence-corrected chi connectivity index (χ1v) is 22.7. The zero-order chi connectivity index (χ0) is 44.4. The lowest BCUT2D eigenvalue weighted by atomic mass is 9.60. The Bertz CT molecular complexity index is 2700. The number of imidazole rings is 1. The van der Waals surface area contributed by atoms with Gasteiger partial charge in [-0.1, -0.05) is 30.3 Å². The minimum atomic E-state index is -1.09. The minimum Gasteiger partial charge on any atom is -0.369 e. The van der Waals surface area contributed by atoms with E-state index >= 15 is 4.39 Å². The van der Waals surface area contributed by atoms with E-state index < -0.39 is 35.5 Å². The second-order valence-electron chi connectivity index (χ2n) is 18.6. The van der Waals surface area contributed by atoms with Crippen molar-refractivity contribution in [1.82, 2.24) is 40.0 Å². The summed E-state index contributed by atoms with van der Waals surface area (Å²) in [5, 5.41) is 8.81. The fourth-order valence-corrected chi connectivity index (χ4v) is 11.0. The Labute approximate surface area is 374 Å². The summed E-state index contributed by atoms with van der Waals surface area (Å²) in [5.74, 6) is -2.33. The third-order valence-electron chi connectivity index (χ3n) is 14.8. The predicted octanol–water partition coefficient (Wildman–Crippen LogP) is 4.74. The Hall–Kier alpha value is -6.75. The van der Waals surface area contributed by atoms with Crippen molar-refractivity contribution in [3.05, 3.63) is 102 Å². The monoisotopic (exact) mass is 879 g/mol. The summed E-state index contributed by atoms with van der Waals surface area (Å²) in [7, 11) is 0. The summed E-state index contributed by atoms with van der Waals surface area (Å²) in [5.41, 5.74) is 5.15. The van der Waals surface area contributed by atoms with Crippen molar-refractivity contribution >= 4 is 63.6 Å². The van der Waals surface area contributed by atoms with Crippen LogP contribution in [0.2, 0.25) is 0 Å². The van der Waals surface area contributed by atoms with Gasteiger partial charge in [0.2, 0.25) is 17.7 Å². The minimum absolute atomic E-state index is 0.0266. The van der Waals surface area contributed by atoms with Crippen LogP contribution in [-0.4, -0.2) is 116 Å². The number of imide groups is 2. The van der Waals surface area contributed by atoms with Gasteiger partial charge < -0.3 is 25.0 Å². The molecule has 17 heteroatoms. The number of fused-ring (bicyclic) bond motifs is 2. The van der Waals surface area contributed by atoms with Crippen LogP contribution >= 0.6 is 0 Å². The standard InChI is InChI=1S/C48H50FN11O5/c49-37-23-35-36(47(65)60(46(35)64)38-10-11-40(61)55-45(38)63)24-39(37)58-14-12-48(13-15-58)25-34(26-48)57-18-16-56(17-19-57)32-8-6-30(7-9-32)54-43-42-44(51-27-50-43)59(28-52-42)33-21-31(22-33)53-41(62)20-29-4-2-1-3-5-29/h1-9,23-24,27-28,31,33-34,38H,10-22,25-26H2,(H,53,62)(H,50,51,54)(H,55,61,63)/t31?,33?,38-/m0/s1. The summed E-state index contributed by atoms with van der Waals surface area (Å²) in [4.78, 5) is 85.0. The molecule has 0 bridgehead atoms. The molecule has 5 fully saturated rings. The Morgan fingerprint density at radius 1 is 0.815 bits per heavy atom. The number of carbonyl (C=O) groups is 5. The number of anilines is 4. The van der Waals surface area contributed by atoms with Gasteiger partial charge in [-0.05, 0) is 92.3 Å². The molecule has 0 radical (unpaired) electrons. The fourth-order valence-electron chi connectivity index (χ4n) is 11.0. The van der Waals surface area contributed by atoms with Gasteiger partial charge in [0.25, 0.3) is 11.8 Å². The summed E-state index contributed by atoms with van der Waals surface area (Å²) in [6, 6.07) is 20.6. The number of hydrogen-bond donors (Lipinski definition) is 3. The number of piperidine rings is 2. The third-order valence-corrected chi connectivity index (χ3v) is 14.8. The van der Waals surface area contributed by atoms with Gasteiger partial charge in [-0.25, -0.2) is 19.3 Å². The third kappa shape index (κ3) is 7.64. The van der Waals surface area contributed by atoms with Gasteiger partial charge in [0.1, 0.15) is 18.2 Å². The molecule has 5 aromatic rings. The summed E-state index contributed by atoms with van der Waals surface area (Å²) < 4.78 is 17.7. The second-order valence-corrected chi connectivity index (χ2v) is 18.6. The van der Waals surface area contributed by atoms with Crippen molar-refractivity contribution in [1.29, 1.82) is 0 Å². The first-order valence-electron chi connectivity index (χ1n) is 22.7. The molecule has 2 saturated carbocycles. The Balaban J connectivity index is 0.640. The molecule has 6 heterocycles. The van der Waals surface area contributed by atoms with Gasteiger partial charge in [-0.2, -0.15) is 0 Å². The number of aromatic nitrogens is 4. The van der Waals surface area contributed by atoms with Crippen LogP contribution in [0.5, 0.6) is 0 Å². The fraction of sp³-hybridized carbons (Fsp3) is 0.417. The van der Waals surface area contributed by atoms with E-state index in [-0.39, 0.29) is 47.4 Å². The van der Waals surface area contributed by atoms with Gasteiger partial charge in [0.15, 0.2) is 17.0 Å². The van der Waals surface area contributed by atoms with Crippen LogP contribution in [0.3, 0.4) is 0 Å². The van der Waals surface area contributed by atoms with Crippen molar-refractivity contribution < 1.29 is 28.4 Å². The van der Waals surface area contributed by atoms with E-state index in [1.54, 1.807) is 6.33 Å². The number of nitrogens with zero attached hydrogens (tertiary/aromatic N) is 8. The molecule has 1 spiro atoms. The van der Waals surface area contributed by atoms with Crippen molar-refractivity contribution in [2.24, 2.45) is 5.41 Å². The zero-order valence-corrected chi connectivity index (χ0v) is 35.9. The largest absolute Gasteiger partial charge is 0.369 e. The number of rotatable bonds is 10. The van der Waals surface area contributed by atoms with Crippen molar-refractivity contribution in [2.75, 3.05) is 54.4 Å². The smallest absolute Gasteiger partial charge is 0.262 e. The van der Waals surface area contributed by atoms with Crippen LogP contribution in [-0.2, 0) is 20.8 Å². The lowest BCUT2D eigenvalue weighted by Gasteiger charge is -2.56. The molecule has 6 aliphatic rings. The maximum Gasteiger partial charge on any atom is 0.262 e. The van der Waals surface area contributed by atoms with Gasteiger partial charge in [-0.3, -0.25) is 39.1 Å². The van der Waals surface area contributed by atoms with Crippen LogP contribution in [0.15, 0.2) is 79.4 Å². The quantitative estimate of drug-likeness (QED) is 0.165. The number of halogens is 1. The molecule has 2 aromatic heterocycles. The molecule has 65 heavy (non-hydrogen) atoms. The average Bonchev–Trinajstić information content (AvgIpc) is 3.82. The highest BCUT2D eigenvalue weighted by Crippen LogP contribution is 2.52. The first-order chi connectivity index (χ1) is 31.6. The van der Waals surface area contributed by atoms with Crippen molar-refractivity contribution in [3.63, 3.8) is 0 Å². The summed E-state index contributed by atoms with van der Waals surface area (Å²) in [6.07, 6.45) is 9.58. The topological polar surface area (TPSA) is 178 Å². The van der Waals surface area contributed by atoms with E-state index in [9.17, 15) is 24.0 Å². The zero-order valence-electron chi connectivity index (χ0n) is 35.9. The van der Waals surface area contributed by atoms with Gasteiger partial charge >= 0.3 is 0 Å². The van der Waals surface area contributed by atoms with E-state index in [0.29, 0.717) is 42.6 Å². The second kappa shape index (κ2) is 16.4. The lowest BCUT2D eigenvalue weighted by Crippen LogP contribution is -2.59. The normalized spacial score (nSPS) is 23.3. The molecule has 0 unspecified atom stereocenters. The van der Waals surface area contributed by atoms with Crippen molar-refractivity contribution in [3.8, 4) is 0 Å². The molecule has 11 rings (SSSR count). The highest BCUT2D eigenvalue weighted by atomic mass is 19.1. The van der Waals surface area contributed by atoms with E-state index in [0.717, 1.165) is 92.6 Å². The van der Waals surface area contributed by atoms with Crippen LogP contribution in [0, 0.1) is 11.2 Å². The molecule has 2 aliphatic carbocycles. The molecule has 3 aromatic carbocycles. The molecule has 4 aliphatic heterocycles. The number of piperazine rings is 1. The molecular formula is C48H50FN11O5. The molecule has 16 nitrogen and oxygen atoms in total. The number of hydrogen-bond acceptors (Lipinski definition) is 12. The molecular weight excluding hydrogens is 830 g/mol. The molecule has 3 saturated heterocycles. The lowest BCUT2D eigenvalue weighted by molar-refractivity contribution is -0.136. The maximum atomic E-state index is 15.6. The Kier molecular flexibility index (Phi) is 10.3. The van der Waals surface area contributed by atoms with E-state index in [1.807, 2.05) is 41.6 Å². The van der Waals surface area contributed by atoms with Crippen LogP contribution in [0.25, 0.3) is 11.2 Å². The number of nitrogens with one attached hydrogen (secondary N) is 3. The number of amides is 5. The Morgan fingerprint density at radius 2 is 1.54 bits per heavy atom. The number of carbonyl (C=O) groups excluding carboxylic acids is 5. The van der Waals surface area contributed by atoms with E-state index in [2.05, 4.69) is 69.5 Å². The molecule has 3 N–H and O–H groups in total. The van der Waals surface area contributed by atoms with Crippen molar-refractivity contribution in [2.45, 2.75) is 82.0 Å². The molecule has 1 atom stereocenters. The number of benzene rings is 3. The van der Waals surface area contributed by atoms with Gasteiger partial charge in [0, 0.05) is 75.2 Å². The van der Waals surface area contributed by atoms with Gasteiger partial charge in [-0.15, -0.1) is 0 Å². The maximum absolute atomic E-state index is 15.6. The van der Waals surface area contributed by atoms with Crippen LogP contribution in [0.1, 0.15) is 83.7 Å². The predicted molar refractivity (Wildman–Crippen MR) is 239 cm³/mol. The van der Waals surface area contributed by atoms with E-state index in [1.165, 1.54) is 11.8 Å². The average molecular weight is 880 g/mol. The first kappa shape index (κ1) is 41.0. The van der Waals surface area contributed by atoms with Crippen LogP contribution < -0.4 is 25.8 Å². The summed E-state index contributed by atoms with van der Waals surface area (Å²) >= 11 is 0. The Morgan fingerprint density at radius 3 is 2.26 bits per heavy atom. The highest BCUT2D eigenvalue weighted by molar-refractivity contribution is 6.23. The SMILES string of the molecule is O=C1CC[C@H](N2C(=O)c3cc(F)c(N4CCC5(CC4)CC(N4CCN(c6ccc(Nc7ncnc8c7ncn8C7CC(NC(=O)Cc8ccccc8)C7)cc6)CC4)C5)cc3C2=O)C(=O)N1. The van der Waals surface area contributed by atoms with Crippen LogP contribution in [0.4, 0.5) is 27.3 Å².